The summed E-state index contributed by atoms with van der Waals surface area (Å²) in [7, 11) is 0. The predicted octanol–water partition coefficient (Wildman–Crippen LogP) is 1.98. The number of esters is 1. The van der Waals surface area contributed by atoms with E-state index >= 15 is 0 Å². The SMILES string of the molecule is CCOC(=O)Cn1nc(C2CC2)c2c1CC1CC21. The molecule has 0 amide bonds. The van der Waals surface area contributed by atoms with Crippen LogP contribution < -0.4 is 0 Å². The highest BCUT2D eigenvalue weighted by atomic mass is 16.5. The molecular weight excluding hydrogens is 228 g/mol. The Morgan fingerprint density at radius 1 is 1.50 bits per heavy atom. The zero-order valence-corrected chi connectivity index (χ0v) is 10.7. The van der Waals surface area contributed by atoms with Crippen molar-refractivity contribution in [2.24, 2.45) is 5.92 Å². The summed E-state index contributed by atoms with van der Waals surface area (Å²) in [6.45, 7) is 2.58. The van der Waals surface area contributed by atoms with Gasteiger partial charge >= 0.3 is 5.97 Å². The summed E-state index contributed by atoms with van der Waals surface area (Å²) >= 11 is 0. The molecule has 3 aliphatic carbocycles. The van der Waals surface area contributed by atoms with Crippen LogP contribution in [0.5, 0.6) is 0 Å². The van der Waals surface area contributed by atoms with Crippen LogP contribution in [-0.4, -0.2) is 22.4 Å². The molecule has 2 fully saturated rings. The molecule has 2 unspecified atom stereocenters. The number of hydrogen-bond donors (Lipinski definition) is 0. The molecule has 3 aliphatic rings. The molecule has 2 saturated carbocycles. The molecule has 0 N–H and O–H groups in total. The normalized spacial score (nSPS) is 27.8. The first-order chi connectivity index (χ1) is 8.78. The third kappa shape index (κ3) is 1.51. The summed E-state index contributed by atoms with van der Waals surface area (Å²) in [5, 5.41) is 4.71. The number of hydrogen-bond acceptors (Lipinski definition) is 3. The van der Waals surface area contributed by atoms with Gasteiger partial charge in [-0.15, -0.1) is 0 Å². The highest BCUT2D eigenvalue weighted by Crippen LogP contribution is 2.59. The van der Waals surface area contributed by atoms with Gasteiger partial charge in [0.25, 0.3) is 0 Å². The van der Waals surface area contributed by atoms with Gasteiger partial charge in [0.1, 0.15) is 6.54 Å². The van der Waals surface area contributed by atoms with Crippen LogP contribution in [0.3, 0.4) is 0 Å². The minimum absolute atomic E-state index is 0.161. The summed E-state index contributed by atoms with van der Waals surface area (Å²) in [5.74, 6) is 2.14. The second-order valence-electron chi connectivity index (χ2n) is 5.79. The smallest absolute Gasteiger partial charge is 0.327 e. The average Bonchev–Trinajstić information content (AvgIpc) is 3.23. The lowest BCUT2D eigenvalue weighted by atomic mass is 10.1. The summed E-state index contributed by atoms with van der Waals surface area (Å²) in [5.41, 5.74) is 4.14. The molecule has 0 saturated heterocycles. The van der Waals surface area contributed by atoms with E-state index in [1.54, 1.807) is 0 Å². The molecular formula is C14H18N2O2. The Kier molecular flexibility index (Phi) is 2.11. The van der Waals surface area contributed by atoms with Crippen molar-refractivity contribution in [1.82, 2.24) is 9.78 Å². The van der Waals surface area contributed by atoms with E-state index in [4.69, 9.17) is 9.84 Å². The molecule has 1 heterocycles. The van der Waals surface area contributed by atoms with Crippen molar-refractivity contribution in [3.63, 3.8) is 0 Å². The predicted molar refractivity (Wildman–Crippen MR) is 65.4 cm³/mol. The highest BCUT2D eigenvalue weighted by Gasteiger charge is 2.50. The fraction of sp³-hybridized carbons (Fsp3) is 0.714. The Bertz CT molecular complexity index is 516. The van der Waals surface area contributed by atoms with Crippen molar-refractivity contribution in [3.05, 3.63) is 17.0 Å². The van der Waals surface area contributed by atoms with Gasteiger partial charge in [0.2, 0.25) is 0 Å². The van der Waals surface area contributed by atoms with Gasteiger partial charge in [0, 0.05) is 17.2 Å². The molecule has 0 aromatic carbocycles. The van der Waals surface area contributed by atoms with Gasteiger partial charge in [-0.3, -0.25) is 9.48 Å². The minimum atomic E-state index is -0.161. The molecule has 96 valence electrons. The summed E-state index contributed by atoms with van der Waals surface area (Å²) in [6, 6.07) is 0. The molecule has 2 atom stereocenters. The van der Waals surface area contributed by atoms with Gasteiger partial charge in [-0.05, 0) is 44.4 Å². The number of carbonyl (C=O) groups is 1. The molecule has 0 aliphatic heterocycles. The molecule has 18 heavy (non-hydrogen) atoms. The van der Waals surface area contributed by atoms with Gasteiger partial charge < -0.3 is 4.74 Å². The highest BCUT2D eigenvalue weighted by molar-refractivity contribution is 5.69. The van der Waals surface area contributed by atoms with Crippen LogP contribution in [0.4, 0.5) is 0 Å². The average molecular weight is 246 g/mol. The number of fused-ring (bicyclic) bond motifs is 3. The van der Waals surface area contributed by atoms with Gasteiger partial charge in [-0.25, -0.2) is 0 Å². The van der Waals surface area contributed by atoms with E-state index in [-0.39, 0.29) is 5.97 Å². The quantitative estimate of drug-likeness (QED) is 0.763. The second kappa shape index (κ2) is 3.59. The zero-order chi connectivity index (χ0) is 12.3. The van der Waals surface area contributed by atoms with E-state index in [0.717, 1.165) is 18.3 Å². The summed E-state index contributed by atoms with van der Waals surface area (Å²) in [6.07, 6.45) is 5.03. The molecule has 0 spiro atoms. The number of carbonyl (C=O) groups excluding carboxylic acids is 1. The summed E-state index contributed by atoms with van der Waals surface area (Å²) < 4.78 is 6.95. The molecule has 4 heteroatoms. The van der Waals surface area contributed by atoms with E-state index in [2.05, 4.69) is 0 Å². The Labute approximate surface area is 106 Å². The van der Waals surface area contributed by atoms with Crippen LogP contribution >= 0.6 is 0 Å². The lowest BCUT2D eigenvalue weighted by Crippen LogP contribution is -2.16. The van der Waals surface area contributed by atoms with Crippen molar-refractivity contribution in [2.75, 3.05) is 6.61 Å². The first-order valence-electron chi connectivity index (χ1n) is 7.03. The zero-order valence-electron chi connectivity index (χ0n) is 10.7. The third-order valence-electron chi connectivity index (χ3n) is 4.42. The summed E-state index contributed by atoms with van der Waals surface area (Å²) in [4.78, 5) is 11.6. The lowest BCUT2D eigenvalue weighted by Gasteiger charge is -2.05. The maximum absolute atomic E-state index is 11.6. The molecule has 4 rings (SSSR count). The molecule has 0 bridgehead atoms. The standard InChI is InChI=1S/C14H18N2O2/c1-2-18-12(17)7-16-11-6-9-5-10(9)13(11)14(15-16)8-3-4-8/h8-10H,2-7H2,1H3. The molecule has 1 aromatic rings. The van der Waals surface area contributed by atoms with Crippen molar-refractivity contribution in [3.8, 4) is 0 Å². The monoisotopic (exact) mass is 246 g/mol. The van der Waals surface area contributed by atoms with Crippen LogP contribution in [0.2, 0.25) is 0 Å². The van der Waals surface area contributed by atoms with E-state index in [1.807, 2.05) is 11.6 Å². The minimum Gasteiger partial charge on any atom is -0.465 e. The Morgan fingerprint density at radius 2 is 2.33 bits per heavy atom. The first kappa shape index (κ1) is 10.6. The lowest BCUT2D eigenvalue weighted by molar-refractivity contribution is -0.144. The van der Waals surface area contributed by atoms with E-state index < -0.39 is 0 Å². The van der Waals surface area contributed by atoms with Crippen LogP contribution in [0.15, 0.2) is 0 Å². The van der Waals surface area contributed by atoms with Gasteiger partial charge in [0.15, 0.2) is 0 Å². The van der Waals surface area contributed by atoms with Gasteiger partial charge in [-0.2, -0.15) is 5.10 Å². The number of nitrogens with zero attached hydrogens (tertiary/aromatic N) is 2. The second-order valence-corrected chi connectivity index (χ2v) is 5.79. The fourth-order valence-electron chi connectivity index (χ4n) is 3.34. The van der Waals surface area contributed by atoms with Crippen molar-refractivity contribution in [1.29, 1.82) is 0 Å². The Balaban J connectivity index is 1.65. The van der Waals surface area contributed by atoms with Crippen LogP contribution in [0.25, 0.3) is 0 Å². The third-order valence-corrected chi connectivity index (χ3v) is 4.42. The van der Waals surface area contributed by atoms with E-state index in [9.17, 15) is 4.79 Å². The first-order valence-corrected chi connectivity index (χ1v) is 7.03. The maximum Gasteiger partial charge on any atom is 0.327 e. The molecule has 1 aromatic heterocycles. The molecule has 0 radical (unpaired) electrons. The van der Waals surface area contributed by atoms with Gasteiger partial charge in [-0.1, -0.05) is 0 Å². The Hall–Kier alpha value is -1.32. The van der Waals surface area contributed by atoms with E-state index in [0.29, 0.717) is 19.1 Å². The Morgan fingerprint density at radius 3 is 3.06 bits per heavy atom. The van der Waals surface area contributed by atoms with E-state index in [1.165, 1.54) is 36.2 Å². The van der Waals surface area contributed by atoms with Crippen molar-refractivity contribution in [2.45, 2.75) is 51.0 Å². The van der Waals surface area contributed by atoms with Crippen molar-refractivity contribution < 1.29 is 9.53 Å². The maximum atomic E-state index is 11.6. The molecule has 4 nitrogen and oxygen atoms in total. The number of aromatic nitrogens is 2. The van der Waals surface area contributed by atoms with Crippen LogP contribution in [0.1, 0.15) is 55.0 Å². The topological polar surface area (TPSA) is 44.1 Å². The van der Waals surface area contributed by atoms with Crippen LogP contribution in [0, 0.1) is 5.92 Å². The number of rotatable bonds is 4. The number of ether oxygens (including phenoxy) is 1. The fourth-order valence-corrected chi connectivity index (χ4v) is 3.34. The van der Waals surface area contributed by atoms with Crippen LogP contribution in [-0.2, 0) is 22.5 Å². The van der Waals surface area contributed by atoms with Gasteiger partial charge in [0.05, 0.1) is 12.3 Å². The largest absolute Gasteiger partial charge is 0.465 e. The van der Waals surface area contributed by atoms with Crippen molar-refractivity contribution >= 4 is 5.97 Å².